The Morgan fingerprint density at radius 1 is 0.321 bits per heavy atom. The minimum absolute atomic E-state index is 0.865. The zero-order chi connectivity index (χ0) is 34.9. The summed E-state index contributed by atoms with van der Waals surface area (Å²) in [4.78, 5) is 2.35. The molecule has 0 atom stereocenters. The standard InChI is InChI=1S/C50H31NO2/c1-3-13-38-32(10-1)12-7-16-39(38)34-22-27-36(28-23-34)51(44-18-9-21-47-49(44)42-15-5-6-19-45(42)52-47)37-29-24-35(25-30-37)40-17-8-20-46-48(40)43-31-26-33-11-2-4-14-41(33)50(43)53-46/h1-31H. The number of para-hydroxylation sites is 1. The largest absolute Gasteiger partial charge is 0.456 e. The fourth-order valence-corrected chi connectivity index (χ4v) is 8.22. The number of benzene rings is 9. The Balaban J connectivity index is 1.07. The van der Waals surface area contributed by atoms with Crippen molar-refractivity contribution in [1.29, 1.82) is 0 Å². The number of hydrogen-bond acceptors (Lipinski definition) is 3. The Morgan fingerprint density at radius 2 is 0.868 bits per heavy atom. The van der Waals surface area contributed by atoms with Gasteiger partial charge in [0, 0.05) is 32.9 Å². The summed E-state index contributed by atoms with van der Waals surface area (Å²) in [6.07, 6.45) is 0. The quantitative estimate of drug-likeness (QED) is 0.182. The van der Waals surface area contributed by atoms with Crippen molar-refractivity contribution in [2.24, 2.45) is 0 Å². The van der Waals surface area contributed by atoms with Gasteiger partial charge < -0.3 is 13.7 Å². The summed E-state index contributed by atoms with van der Waals surface area (Å²) in [6.45, 7) is 0. The van der Waals surface area contributed by atoms with Crippen molar-refractivity contribution in [3.8, 4) is 22.3 Å². The predicted octanol–water partition coefficient (Wildman–Crippen LogP) is 14.6. The molecule has 53 heavy (non-hydrogen) atoms. The second-order valence-electron chi connectivity index (χ2n) is 13.6. The van der Waals surface area contributed by atoms with Gasteiger partial charge in [-0.1, -0.05) is 133 Å². The summed E-state index contributed by atoms with van der Waals surface area (Å²) >= 11 is 0. The Labute approximate surface area is 305 Å². The summed E-state index contributed by atoms with van der Waals surface area (Å²) in [6, 6.07) is 66.7. The zero-order valence-corrected chi connectivity index (χ0v) is 28.7. The van der Waals surface area contributed by atoms with Crippen molar-refractivity contribution in [2.45, 2.75) is 0 Å². The van der Waals surface area contributed by atoms with Crippen molar-refractivity contribution in [2.75, 3.05) is 4.90 Å². The summed E-state index contributed by atoms with van der Waals surface area (Å²) < 4.78 is 12.9. The molecule has 0 aliphatic carbocycles. The van der Waals surface area contributed by atoms with Crippen LogP contribution in [0.4, 0.5) is 17.1 Å². The third-order valence-electron chi connectivity index (χ3n) is 10.7. The van der Waals surface area contributed by atoms with Crippen molar-refractivity contribution in [1.82, 2.24) is 0 Å². The minimum Gasteiger partial charge on any atom is -0.456 e. The van der Waals surface area contributed by atoms with E-state index in [4.69, 9.17) is 8.83 Å². The van der Waals surface area contributed by atoms with Crippen molar-refractivity contribution < 1.29 is 8.83 Å². The van der Waals surface area contributed by atoms with Gasteiger partial charge in [0.15, 0.2) is 0 Å². The summed E-state index contributed by atoms with van der Waals surface area (Å²) in [5, 5.41) is 9.24. The average Bonchev–Trinajstić information content (AvgIpc) is 3.81. The highest BCUT2D eigenvalue weighted by Crippen LogP contribution is 2.45. The van der Waals surface area contributed by atoms with Gasteiger partial charge in [0.1, 0.15) is 22.3 Å². The Hall–Kier alpha value is -7.10. The first kappa shape index (κ1) is 29.6. The SMILES string of the molecule is c1ccc2c(-c3ccc(N(c4ccc(-c5cccc6oc7c8ccccc8ccc7c56)cc4)c4cccc5oc6ccccc6c45)cc3)cccc2c1. The lowest BCUT2D eigenvalue weighted by molar-refractivity contribution is 0.669. The van der Waals surface area contributed by atoms with Crippen LogP contribution in [-0.2, 0) is 0 Å². The van der Waals surface area contributed by atoms with Crippen LogP contribution < -0.4 is 4.90 Å². The number of anilines is 3. The maximum Gasteiger partial charge on any atom is 0.143 e. The maximum absolute atomic E-state index is 6.52. The molecule has 0 bridgehead atoms. The van der Waals surface area contributed by atoms with Gasteiger partial charge in [-0.3, -0.25) is 0 Å². The summed E-state index contributed by atoms with van der Waals surface area (Å²) in [5.74, 6) is 0. The van der Waals surface area contributed by atoms with Crippen molar-refractivity contribution in [3.63, 3.8) is 0 Å². The van der Waals surface area contributed by atoms with E-state index in [1.54, 1.807) is 0 Å². The van der Waals surface area contributed by atoms with Gasteiger partial charge in [-0.2, -0.15) is 0 Å². The topological polar surface area (TPSA) is 29.5 Å². The summed E-state index contributed by atoms with van der Waals surface area (Å²) in [5.41, 5.74) is 11.4. The highest BCUT2D eigenvalue weighted by Gasteiger charge is 2.20. The molecular weight excluding hydrogens is 647 g/mol. The molecule has 0 fully saturated rings. The molecule has 0 aliphatic rings. The number of furan rings is 2. The molecule has 11 aromatic rings. The van der Waals surface area contributed by atoms with E-state index in [0.29, 0.717) is 0 Å². The van der Waals surface area contributed by atoms with E-state index in [-0.39, 0.29) is 0 Å². The predicted molar refractivity (Wildman–Crippen MR) is 222 cm³/mol. The maximum atomic E-state index is 6.52. The van der Waals surface area contributed by atoms with E-state index < -0.39 is 0 Å². The van der Waals surface area contributed by atoms with Crippen LogP contribution in [0.2, 0.25) is 0 Å². The number of rotatable bonds is 5. The molecule has 3 nitrogen and oxygen atoms in total. The molecule has 0 aliphatic heterocycles. The molecule has 0 spiro atoms. The Bertz CT molecular complexity index is 3160. The third kappa shape index (κ3) is 4.68. The fourth-order valence-electron chi connectivity index (χ4n) is 8.22. The van der Waals surface area contributed by atoms with Crippen LogP contribution in [0.1, 0.15) is 0 Å². The second kappa shape index (κ2) is 11.7. The van der Waals surface area contributed by atoms with Crippen LogP contribution in [0.3, 0.4) is 0 Å². The molecular formula is C50H31NO2. The Morgan fingerprint density at radius 3 is 1.64 bits per heavy atom. The van der Waals surface area contributed by atoms with Gasteiger partial charge in [0.2, 0.25) is 0 Å². The van der Waals surface area contributed by atoms with E-state index in [2.05, 4.69) is 181 Å². The first-order valence-electron chi connectivity index (χ1n) is 18.0. The van der Waals surface area contributed by atoms with E-state index >= 15 is 0 Å². The molecule has 0 N–H and O–H groups in total. The van der Waals surface area contributed by atoms with Gasteiger partial charge in [-0.15, -0.1) is 0 Å². The lowest BCUT2D eigenvalue weighted by atomic mass is 9.97. The van der Waals surface area contributed by atoms with Gasteiger partial charge in [0.05, 0.1) is 11.1 Å². The normalized spacial score (nSPS) is 11.8. The molecule has 0 unspecified atom stereocenters. The van der Waals surface area contributed by atoms with Crippen LogP contribution in [-0.4, -0.2) is 0 Å². The van der Waals surface area contributed by atoms with E-state index in [0.717, 1.165) is 77.5 Å². The third-order valence-corrected chi connectivity index (χ3v) is 10.7. The fraction of sp³-hybridized carbons (Fsp3) is 0. The molecule has 248 valence electrons. The number of nitrogens with zero attached hydrogens (tertiary/aromatic N) is 1. The van der Waals surface area contributed by atoms with Crippen molar-refractivity contribution in [3.05, 3.63) is 188 Å². The molecule has 0 saturated carbocycles. The highest BCUT2D eigenvalue weighted by atomic mass is 16.3. The molecule has 0 radical (unpaired) electrons. The van der Waals surface area contributed by atoms with Crippen LogP contribution >= 0.6 is 0 Å². The van der Waals surface area contributed by atoms with Gasteiger partial charge >= 0.3 is 0 Å². The van der Waals surface area contributed by atoms with E-state index in [1.165, 1.54) is 27.3 Å². The molecule has 9 aromatic carbocycles. The molecule has 0 saturated heterocycles. The van der Waals surface area contributed by atoms with Crippen LogP contribution in [0.15, 0.2) is 197 Å². The average molecular weight is 678 g/mol. The van der Waals surface area contributed by atoms with Crippen LogP contribution in [0.5, 0.6) is 0 Å². The van der Waals surface area contributed by atoms with Crippen LogP contribution in [0.25, 0.3) is 87.7 Å². The molecule has 11 rings (SSSR count). The monoisotopic (exact) mass is 677 g/mol. The summed E-state index contributed by atoms with van der Waals surface area (Å²) in [7, 11) is 0. The van der Waals surface area contributed by atoms with Gasteiger partial charge in [-0.05, 0) is 93.0 Å². The van der Waals surface area contributed by atoms with E-state index in [9.17, 15) is 0 Å². The Kier molecular flexibility index (Phi) is 6.55. The lowest BCUT2D eigenvalue weighted by Gasteiger charge is -2.26. The second-order valence-corrected chi connectivity index (χ2v) is 13.6. The van der Waals surface area contributed by atoms with Gasteiger partial charge in [0.25, 0.3) is 0 Å². The number of hydrogen-bond donors (Lipinski definition) is 0. The minimum atomic E-state index is 0.865. The smallest absolute Gasteiger partial charge is 0.143 e. The lowest BCUT2D eigenvalue weighted by Crippen LogP contribution is -2.10. The molecule has 3 heteroatoms. The molecule has 2 aromatic heterocycles. The highest BCUT2D eigenvalue weighted by molar-refractivity contribution is 6.19. The first-order chi connectivity index (χ1) is 26.3. The molecule has 0 amide bonds. The zero-order valence-electron chi connectivity index (χ0n) is 28.7. The first-order valence-corrected chi connectivity index (χ1v) is 18.0. The van der Waals surface area contributed by atoms with Crippen LogP contribution in [0, 0.1) is 0 Å². The van der Waals surface area contributed by atoms with Crippen molar-refractivity contribution >= 4 is 82.5 Å². The molecule has 2 heterocycles. The van der Waals surface area contributed by atoms with E-state index in [1.807, 2.05) is 12.1 Å². The number of fused-ring (bicyclic) bond motifs is 9. The van der Waals surface area contributed by atoms with Gasteiger partial charge in [-0.25, -0.2) is 0 Å².